The number of hydrogen-bond donors (Lipinski definition) is 1. The summed E-state index contributed by atoms with van der Waals surface area (Å²) in [5.41, 5.74) is 0.0472. The second-order valence-corrected chi connectivity index (χ2v) is 6.60. The van der Waals surface area contributed by atoms with E-state index in [2.05, 4.69) is 15.9 Å². The summed E-state index contributed by atoms with van der Waals surface area (Å²) in [6.45, 7) is 8.05. The van der Waals surface area contributed by atoms with Crippen molar-refractivity contribution in [3.05, 3.63) is 34.2 Å². The molecular formula is C14H18BBrO3. The van der Waals surface area contributed by atoms with Crippen LogP contribution in [0, 0.1) is 0 Å². The molecule has 0 aromatic heterocycles. The fraction of sp³-hybridized carbons (Fsp3) is 0.429. The van der Waals surface area contributed by atoms with E-state index in [4.69, 9.17) is 9.31 Å². The highest BCUT2D eigenvalue weighted by Gasteiger charge is 2.49. The van der Waals surface area contributed by atoms with Crippen molar-refractivity contribution in [3.8, 4) is 5.75 Å². The van der Waals surface area contributed by atoms with E-state index in [-0.39, 0.29) is 17.0 Å². The third kappa shape index (κ3) is 3.04. The minimum Gasteiger partial charge on any atom is -0.507 e. The lowest BCUT2D eigenvalue weighted by molar-refractivity contribution is 0.00578. The fourth-order valence-corrected chi connectivity index (χ4v) is 2.16. The van der Waals surface area contributed by atoms with Crippen molar-refractivity contribution in [1.82, 2.24) is 0 Å². The maximum Gasteiger partial charge on any atom is 0.487 e. The molecule has 5 heteroatoms. The maximum atomic E-state index is 9.81. The van der Waals surface area contributed by atoms with E-state index in [1.807, 2.05) is 51.9 Å². The summed E-state index contributed by atoms with van der Waals surface area (Å²) in [7, 11) is -0.395. The molecule has 3 nitrogen and oxygen atoms in total. The van der Waals surface area contributed by atoms with Gasteiger partial charge in [-0.25, -0.2) is 0 Å². The smallest absolute Gasteiger partial charge is 0.487 e. The van der Waals surface area contributed by atoms with Gasteiger partial charge in [0.05, 0.1) is 11.2 Å². The summed E-state index contributed by atoms with van der Waals surface area (Å²) in [6, 6.07) is 5.37. The summed E-state index contributed by atoms with van der Waals surface area (Å²) in [4.78, 5) is 0. The number of rotatable bonds is 2. The highest BCUT2D eigenvalue weighted by molar-refractivity contribution is 9.10. The highest BCUT2D eigenvalue weighted by atomic mass is 79.9. The van der Waals surface area contributed by atoms with Gasteiger partial charge < -0.3 is 14.4 Å². The molecule has 1 fully saturated rings. The number of aromatic hydroxyl groups is 1. The lowest BCUT2D eigenvalue weighted by Crippen LogP contribution is -2.41. The van der Waals surface area contributed by atoms with Crippen LogP contribution in [-0.4, -0.2) is 23.4 Å². The Bertz CT molecular complexity index is 495. The molecule has 1 aliphatic rings. The van der Waals surface area contributed by atoms with Gasteiger partial charge in [-0.15, -0.1) is 0 Å². The van der Waals surface area contributed by atoms with Gasteiger partial charge in [0.25, 0.3) is 0 Å². The molecule has 19 heavy (non-hydrogen) atoms. The lowest BCUT2D eigenvalue weighted by atomic mass is 9.89. The predicted octanol–water partition coefficient (Wildman–Crippen LogP) is 3.80. The first-order valence-electron chi connectivity index (χ1n) is 6.24. The average molecular weight is 325 g/mol. The zero-order valence-electron chi connectivity index (χ0n) is 11.6. The molecule has 0 amide bonds. The van der Waals surface area contributed by atoms with Crippen molar-refractivity contribution in [2.45, 2.75) is 38.9 Å². The zero-order chi connectivity index (χ0) is 14.3. The minimum absolute atomic E-state index is 0.224. The van der Waals surface area contributed by atoms with Crippen molar-refractivity contribution in [2.75, 3.05) is 0 Å². The van der Waals surface area contributed by atoms with Crippen LogP contribution >= 0.6 is 15.9 Å². The topological polar surface area (TPSA) is 38.7 Å². The summed E-state index contributed by atoms with van der Waals surface area (Å²) in [5.74, 6) is 2.04. The number of halogens is 1. The molecule has 0 atom stereocenters. The van der Waals surface area contributed by atoms with Crippen molar-refractivity contribution >= 4 is 29.1 Å². The molecular weight excluding hydrogens is 307 g/mol. The Morgan fingerprint density at radius 1 is 1.16 bits per heavy atom. The van der Waals surface area contributed by atoms with E-state index >= 15 is 0 Å². The summed E-state index contributed by atoms with van der Waals surface area (Å²) < 4.78 is 12.5. The van der Waals surface area contributed by atoms with Gasteiger partial charge in [0.1, 0.15) is 5.75 Å². The van der Waals surface area contributed by atoms with Crippen LogP contribution in [0.3, 0.4) is 0 Å². The molecule has 0 saturated carbocycles. The predicted molar refractivity (Wildman–Crippen MR) is 80.9 cm³/mol. The molecule has 0 aliphatic carbocycles. The van der Waals surface area contributed by atoms with Crippen LogP contribution in [0.25, 0.3) is 6.08 Å². The van der Waals surface area contributed by atoms with E-state index in [9.17, 15) is 5.11 Å². The Morgan fingerprint density at radius 3 is 2.26 bits per heavy atom. The van der Waals surface area contributed by atoms with Crippen LogP contribution in [0.2, 0.25) is 0 Å². The summed E-state index contributed by atoms with van der Waals surface area (Å²) >= 11 is 3.31. The van der Waals surface area contributed by atoms with Gasteiger partial charge in [0.2, 0.25) is 0 Å². The Hall–Kier alpha value is -0.775. The Labute approximate surface area is 122 Å². The Kier molecular flexibility index (Phi) is 3.82. The lowest BCUT2D eigenvalue weighted by Gasteiger charge is -2.32. The quantitative estimate of drug-likeness (QED) is 0.841. The van der Waals surface area contributed by atoms with Crippen molar-refractivity contribution < 1.29 is 14.4 Å². The van der Waals surface area contributed by atoms with Gasteiger partial charge in [0.15, 0.2) is 0 Å². The Balaban J connectivity index is 2.13. The summed E-state index contributed by atoms with van der Waals surface area (Å²) in [5, 5.41) is 9.81. The van der Waals surface area contributed by atoms with Crippen molar-refractivity contribution in [3.63, 3.8) is 0 Å². The molecule has 1 N–H and O–H groups in total. The van der Waals surface area contributed by atoms with E-state index in [1.54, 1.807) is 6.07 Å². The molecule has 2 rings (SSSR count). The third-order valence-electron chi connectivity index (χ3n) is 3.70. The van der Waals surface area contributed by atoms with E-state index in [0.717, 1.165) is 10.0 Å². The van der Waals surface area contributed by atoms with Gasteiger partial charge in [-0.1, -0.05) is 34.0 Å². The average Bonchev–Trinajstić information content (AvgIpc) is 2.46. The molecule has 102 valence electrons. The van der Waals surface area contributed by atoms with Crippen molar-refractivity contribution in [1.29, 1.82) is 0 Å². The van der Waals surface area contributed by atoms with Gasteiger partial charge in [-0.3, -0.25) is 0 Å². The van der Waals surface area contributed by atoms with Gasteiger partial charge in [-0.05, 0) is 39.8 Å². The standard InChI is InChI=1S/C14H18BBrO3/c1-13(2)14(3,4)19-15(18-13)8-7-10-5-6-11(16)9-12(10)17/h5-9,17H,1-4H3/b8-7+. The molecule has 1 aliphatic heterocycles. The molecule has 1 saturated heterocycles. The monoisotopic (exact) mass is 324 g/mol. The van der Waals surface area contributed by atoms with E-state index in [0.29, 0.717) is 0 Å². The molecule has 1 aromatic rings. The third-order valence-corrected chi connectivity index (χ3v) is 4.19. The fourth-order valence-electron chi connectivity index (χ4n) is 1.81. The number of phenolic OH excluding ortho intramolecular Hbond substituents is 1. The number of hydrogen-bond acceptors (Lipinski definition) is 3. The van der Waals surface area contributed by atoms with E-state index < -0.39 is 7.12 Å². The van der Waals surface area contributed by atoms with Crippen LogP contribution in [0.15, 0.2) is 28.6 Å². The highest BCUT2D eigenvalue weighted by Crippen LogP contribution is 2.37. The molecule has 0 spiro atoms. The second kappa shape index (κ2) is 4.96. The first-order chi connectivity index (χ1) is 8.71. The largest absolute Gasteiger partial charge is 0.507 e. The van der Waals surface area contributed by atoms with Gasteiger partial charge in [-0.2, -0.15) is 0 Å². The normalized spacial score (nSPS) is 21.2. The van der Waals surface area contributed by atoms with Crippen LogP contribution < -0.4 is 0 Å². The Morgan fingerprint density at radius 2 is 1.74 bits per heavy atom. The number of benzene rings is 1. The van der Waals surface area contributed by atoms with Crippen LogP contribution in [0.5, 0.6) is 5.75 Å². The molecule has 0 bridgehead atoms. The molecule has 1 heterocycles. The molecule has 0 radical (unpaired) electrons. The first-order valence-corrected chi connectivity index (χ1v) is 7.03. The molecule has 1 aromatic carbocycles. The van der Waals surface area contributed by atoms with Crippen LogP contribution in [-0.2, 0) is 9.31 Å². The van der Waals surface area contributed by atoms with Gasteiger partial charge in [0, 0.05) is 10.0 Å². The van der Waals surface area contributed by atoms with E-state index in [1.165, 1.54) is 0 Å². The first kappa shape index (κ1) is 14.6. The maximum absolute atomic E-state index is 9.81. The molecule has 0 unspecified atom stereocenters. The van der Waals surface area contributed by atoms with Crippen LogP contribution in [0.1, 0.15) is 33.3 Å². The zero-order valence-corrected chi connectivity index (χ0v) is 13.2. The SMILES string of the molecule is CC1(C)OB(/C=C/c2ccc(Br)cc2O)OC1(C)C. The number of phenols is 1. The van der Waals surface area contributed by atoms with Gasteiger partial charge >= 0.3 is 7.12 Å². The second-order valence-electron chi connectivity index (χ2n) is 5.69. The minimum atomic E-state index is -0.395. The summed E-state index contributed by atoms with van der Waals surface area (Å²) in [6.07, 6.45) is 1.81. The van der Waals surface area contributed by atoms with Crippen molar-refractivity contribution in [2.24, 2.45) is 0 Å². The van der Waals surface area contributed by atoms with Crippen LogP contribution in [0.4, 0.5) is 0 Å².